The number of aliphatic hydroxyl groups is 1. The highest BCUT2D eigenvalue weighted by Crippen LogP contribution is 2.67. The molecule has 1 N–H and O–H groups in total. The van der Waals surface area contributed by atoms with Gasteiger partial charge in [-0.25, -0.2) is 0 Å². The highest BCUT2D eigenvalue weighted by Gasteiger charge is 2.59. The van der Waals surface area contributed by atoms with E-state index in [1.54, 1.807) is 5.57 Å². The third-order valence-electron chi connectivity index (χ3n) is 11.5. The average Bonchev–Trinajstić information content (AvgIpc) is 3.09. The van der Waals surface area contributed by atoms with E-state index in [2.05, 4.69) is 47.6 Å². The van der Waals surface area contributed by atoms with Crippen molar-refractivity contribution in [3.8, 4) is 0 Å². The summed E-state index contributed by atoms with van der Waals surface area (Å²) < 4.78 is 0. The molecule has 3 saturated carbocycles. The Labute approximate surface area is 187 Å². The molecule has 3 fully saturated rings. The van der Waals surface area contributed by atoms with E-state index in [9.17, 15) is 5.11 Å². The van der Waals surface area contributed by atoms with Crippen molar-refractivity contribution in [2.75, 3.05) is 0 Å². The second kappa shape index (κ2) is 8.57. The first-order valence-corrected chi connectivity index (χ1v) is 13.6. The van der Waals surface area contributed by atoms with E-state index in [-0.39, 0.29) is 6.10 Å². The van der Waals surface area contributed by atoms with Gasteiger partial charge in [-0.15, -0.1) is 0 Å². The van der Waals surface area contributed by atoms with Crippen LogP contribution < -0.4 is 0 Å². The van der Waals surface area contributed by atoms with Crippen molar-refractivity contribution in [3.05, 3.63) is 11.6 Å². The van der Waals surface area contributed by atoms with Crippen molar-refractivity contribution in [1.82, 2.24) is 0 Å². The molecular weight excluding hydrogens is 364 g/mol. The number of hydrogen-bond acceptors (Lipinski definition) is 1. The molecule has 0 aromatic heterocycles. The molecule has 172 valence electrons. The van der Waals surface area contributed by atoms with Gasteiger partial charge in [0.25, 0.3) is 0 Å². The molecule has 1 heteroatoms. The minimum absolute atomic E-state index is 0.0794. The van der Waals surface area contributed by atoms with E-state index < -0.39 is 0 Å². The van der Waals surface area contributed by atoms with Crippen molar-refractivity contribution < 1.29 is 5.11 Å². The number of hydrogen-bond donors (Lipinski definition) is 1. The molecule has 4 aliphatic carbocycles. The molecule has 0 aromatic rings. The van der Waals surface area contributed by atoms with Crippen molar-refractivity contribution in [2.24, 2.45) is 52.3 Å². The zero-order chi connectivity index (χ0) is 21.7. The monoisotopic (exact) mass is 414 g/mol. The number of aliphatic hydroxyl groups excluding tert-OH is 1. The summed E-state index contributed by atoms with van der Waals surface area (Å²) in [7, 11) is 0. The molecule has 0 aliphatic heterocycles. The highest BCUT2D eigenvalue weighted by atomic mass is 16.3. The van der Waals surface area contributed by atoms with Crippen LogP contribution in [0.25, 0.3) is 0 Å². The van der Waals surface area contributed by atoms with Gasteiger partial charge in [0, 0.05) is 0 Å². The average molecular weight is 415 g/mol. The fourth-order valence-electron chi connectivity index (χ4n) is 9.03. The quantitative estimate of drug-likeness (QED) is 0.436. The largest absolute Gasteiger partial charge is 0.393 e. The Morgan fingerprint density at radius 3 is 2.47 bits per heavy atom. The van der Waals surface area contributed by atoms with Gasteiger partial charge in [0.2, 0.25) is 0 Å². The van der Waals surface area contributed by atoms with E-state index in [0.29, 0.717) is 10.8 Å². The van der Waals surface area contributed by atoms with Gasteiger partial charge >= 0.3 is 0 Å². The lowest BCUT2D eigenvalue weighted by atomic mass is 9.47. The lowest BCUT2D eigenvalue weighted by Gasteiger charge is -2.58. The molecule has 0 aromatic carbocycles. The molecule has 0 amide bonds. The predicted molar refractivity (Wildman–Crippen MR) is 128 cm³/mol. The molecule has 10 atom stereocenters. The summed E-state index contributed by atoms with van der Waals surface area (Å²) in [6.45, 7) is 15.1. The molecular formula is C29H50O. The van der Waals surface area contributed by atoms with Crippen LogP contribution in [-0.2, 0) is 0 Å². The molecule has 9 unspecified atom stereocenters. The lowest BCUT2D eigenvalue weighted by Crippen LogP contribution is -2.50. The van der Waals surface area contributed by atoms with Crippen LogP contribution in [0.15, 0.2) is 11.6 Å². The summed E-state index contributed by atoms with van der Waals surface area (Å²) in [6, 6.07) is 0. The van der Waals surface area contributed by atoms with Gasteiger partial charge in [0.15, 0.2) is 0 Å². The first-order valence-electron chi connectivity index (χ1n) is 13.6. The zero-order valence-electron chi connectivity index (χ0n) is 20.9. The summed E-state index contributed by atoms with van der Waals surface area (Å²) >= 11 is 0. The molecule has 1 nitrogen and oxygen atoms in total. The van der Waals surface area contributed by atoms with Gasteiger partial charge < -0.3 is 5.11 Å². The van der Waals surface area contributed by atoms with Gasteiger partial charge in [-0.1, -0.05) is 72.5 Å². The molecule has 30 heavy (non-hydrogen) atoms. The predicted octanol–water partition coefficient (Wildman–Crippen LogP) is 8.02. The van der Waals surface area contributed by atoms with Crippen molar-refractivity contribution in [3.63, 3.8) is 0 Å². The van der Waals surface area contributed by atoms with Crippen LogP contribution in [0.2, 0.25) is 0 Å². The number of allylic oxidation sites excluding steroid dienone is 1. The maximum atomic E-state index is 10.2. The van der Waals surface area contributed by atoms with Crippen LogP contribution in [0.3, 0.4) is 0 Å². The minimum Gasteiger partial charge on any atom is -0.393 e. The van der Waals surface area contributed by atoms with Crippen LogP contribution in [-0.4, -0.2) is 11.2 Å². The second-order valence-electron chi connectivity index (χ2n) is 12.8. The van der Waals surface area contributed by atoms with Gasteiger partial charge in [-0.3, -0.25) is 0 Å². The van der Waals surface area contributed by atoms with E-state index in [0.717, 1.165) is 54.3 Å². The lowest BCUT2D eigenvalue weighted by molar-refractivity contribution is -0.0575. The first-order chi connectivity index (χ1) is 14.2. The van der Waals surface area contributed by atoms with Crippen LogP contribution >= 0.6 is 0 Å². The minimum atomic E-state index is -0.0794. The summed E-state index contributed by atoms with van der Waals surface area (Å²) in [5, 5.41) is 10.2. The molecule has 0 spiro atoms. The van der Waals surface area contributed by atoms with Crippen LogP contribution in [0.5, 0.6) is 0 Å². The number of fused-ring (bicyclic) bond motifs is 5. The van der Waals surface area contributed by atoms with Crippen LogP contribution in [0.4, 0.5) is 0 Å². The smallest absolute Gasteiger partial charge is 0.0577 e. The van der Waals surface area contributed by atoms with Gasteiger partial charge in [-0.05, 0) is 104 Å². The summed E-state index contributed by atoms with van der Waals surface area (Å²) in [5.41, 5.74) is 2.59. The van der Waals surface area contributed by atoms with Crippen molar-refractivity contribution in [2.45, 2.75) is 118 Å². The standard InChI is InChI=1S/C29H50O/c1-7-19(2)20(3)8-9-21(4)25-12-13-26-24-11-10-22-18-23(30)14-16-28(22,5)27(24)15-17-29(25,26)6/h10,19-21,23-27,30H,7-9,11-18H2,1-6H3/t19?,20?,21?,23-,24?,25?,26?,27?,28?,29?/m0/s1. The molecule has 0 saturated heterocycles. The van der Waals surface area contributed by atoms with Crippen LogP contribution in [0.1, 0.15) is 112 Å². The van der Waals surface area contributed by atoms with Gasteiger partial charge in [-0.2, -0.15) is 0 Å². The Kier molecular flexibility index (Phi) is 6.53. The Balaban J connectivity index is 1.46. The third kappa shape index (κ3) is 3.74. The Bertz CT molecular complexity index is 636. The fourth-order valence-corrected chi connectivity index (χ4v) is 9.03. The topological polar surface area (TPSA) is 20.2 Å². The highest BCUT2D eigenvalue weighted by molar-refractivity contribution is 5.25. The van der Waals surface area contributed by atoms with Crippen molar-refractivity contribution in [1.29, 1.82) is 0 Å². The van der Waals surface area contributed by atoms with Gasteiger partial charge in [0.05, 0.1) is 6.10 Å². The third-order valence-corrected chi connectivity index (χ3v) is 11.5. The van der Waals surface area contributed by atoms with Gasteiger partial charge in [0.1, 0.15) is 0 Å². The normalized spacial score (nSPS) is 46.2. The van der Waals surface area contributed by atoms with E-state index >= 15 is 0 Å². The molecule has 0 bridgehead atoms. The number of rotatable bonds is 6. The summed E-state index contributed by atoms with van der Waals surface area (Å²) in [6.07, 6.45) is 17.1. The molecule has 4 rings (SSSR count). The first kappa shape index (κ1) is 22.9. The second-order valence-corrected chi connectivity index (χ2v) is 12.8. The van der Waals surface area contributed by atoms with E-state index in [1.165, 1.54) is 57.8 Å². The Morgan fingerprint density at radius 1 is 0.967 bits per heavy atom. The fraction of sp³-hybridized carbons (Fsp3) is 0.931. The maximum absolute atomic E-state index is 10.2. The molecule has 4 aliphatic rings. The summed E-state index contributed by atoms with van der Waals surface area (Å²) in [5.74, 6) is 6.31. The summed E-state index contributed by atoms with van der Waals surface area (Å²) in [4.78, 5) is 0. The molecule has 0 radical (unpaired) electrons. The van der Waals surface area contributed by atoms with E-state index in [1.807, 2.05) is 0 Å². The maximum Gasteiger partial charge on any atom is 0.0577 e. The Morgan fingerprint density at radius 2 is 1.73 bits per heavy atom. The zero-order valence-corrected chi connectivity index (χ0v) is 20.9. The van der Waals surface area contributed by atoms with E-state index in [4.69, 9.17) is 0 Å². The van der Waals surface area contributed by atoms with Crippen LogP contribution in [0, 0.1) is 52.3 Å². The van der Waals surface area contributed by atoms with Crippen molar-refractivity contribution >= 4 is 0 Å². The molecule has 0 heterocycles. The Hall–Kier alpha value is -0.300. The SMILES string of the molecule is CCC(C)C(C)CCC(C)C1CCC2C3CC=C4C[C@@H](O)CCC4(C)C3CCC12C.